The number of imidazole rings is 1. The normalized spacial score (nSPS) is 29.9. The number of nitrogens with one attached hydrogen (secondary N) is 1. The van der Waals surface area contributed by atoms with Gasteiger partial charge in [0, 0.05) is 25.8 Å². The summed E-state index contributed by atoms with van der Waals surface area (Å²) >= 11 is 5.17. The Hall–Kier alpha value is -1.64. The van der Waals surface area contributed by atoms with Crippen LogP contribution < -0.4 is 46.5 Å². The number of nitrogen functional groups attached to an aromatic ring is 1. The number of aromatic amines is 1. The number of fused-ring (bicyclic) bond motifs is 1. The molecule has 2 saturated heterocycles. The zero-order valence-corrected chi connectivity index (χ0v) is 25.1. The molecule has 0 amide bonds. The summed E-state index contributed by atoms with van der Waals surface area (Å²) in [4.78, 5) is 48.9. The van der Waals surface area contributed by atoms with Crippen molar-refractivity contribution in [3.05, 3.63) is 45.8 Å². The molecule has 40 heavy (non-hydrogen) atoms. The van der Waals surface area contributed by atoms with Crippen LogP contribution in [0.2, 0.25) is 0 Å². The standard InChI is InChI=1S/C20H26N7O10PS.Na/c1-33-16-15(10(5-28)36-19(16)26-3-2-12(30)25-20(26)31)37-38(32,39)34-6-11-9(29)4-13(35-11)27-8-24-14-17(21)22-7-23-18(14)27;/h2-3,7-11,13,15-16,19,28-29H,4-6H2,1H3,(H,32,39)(H2,21,22,23)(H,25,30,31);/q;+1/t9-,10+,11+,13+,15+,16+,19+,38?;/m0./s1. The van der Waals surface area contributed by atoms with Gasteiger partial charge in [0.25, 0.3) is 5.56 Å². The number of methoxy groups -OCH3 is 1. The summed E-state index contributed by atoms with van der Waals surface area (Å²) < 4.78 is 30.9. The van der Waals surface area contributed by atoms with Crippen LogP contribution in [0.25, 0.3) is 11.2 Å². The van der Waals surface area contributed by atoms with Crippen LogP contribution in [0, 0.1) is 0 Å². The maximum Gasteiger partial charge on any atom is 1.00 e. The summed E-state index contributed by atoms with van der Waals surface area (Å²) in [6, 6.07) is 1.12. The molecule has 2 aliphatic rings. The molecular weight excluding hydrogens is 584 g/mol. The second-order valence-electron chi connectivity index (χ2n) is 8.81. The van der Waals surface area contributed by atoms with E-state index in [0.717, 1.165) is 10.6 Å². The van der Waals surface area contributed by atoms with Gasteiger partial charge in [0.2, 0.25) is 0 Å². The molecule has 2 fully saturated rings. The minimum absolute atomic E-state index is 0. The number of aromatic nitrogens is 6. The topological polar surface area (TPSA) is 231 Å². The third kappa shape index (κ3) is 6.24. The SMILES string of the molecule is CO[C@@H]1[C@H](OP(O)(=S)OC[C@H]2O[C@@H](n3cnc4c(N)ncnc43)C[C@@H]2O)[C@@H](CO)O[C@H]1n1ccc(=O)[nH]c1=O.[Na+]. The molecule has 0 spiro atoms. The zero-order chi connectivity index (χ0) is 27.9. The van der Waals surface area contributed by atoms with Crippen LogP contribution in [0.3, 0.4) is 0 Å². The van der Waals surface area contributed by atoms with Gasteiger partial charge in [-0.25, -0.2) is 19.7 Å². The molecule has 20 heteroatoms. The van der Waals surface area contributed by atoms with Crippen LogP contribution in [-0.4, -0.2) is 95.0 Å². The number of anilines is 1. The molecule has 0 bridgehead atoms. The van der Waals surface area contributed by atoms with Gasteiger partial charge in [-0.15, -0.1) is 0 Å². The first-order valence-electron chi connectivity index (χ1n) is 11.6. The minimum atomic E-state index is -4.02. The summed E-state index contributed by atoms with van der Waals surface area (Å²) in [6.07, 6.45) is -2.72. The summed E-state index contributed by atoms with van der Waals surface area (Å²) in [5.74, 6) is 0.203. The van der Waals surface area contributed by atoms with Crippen LogP contribution >= 0.6 is 6.72 Å². The van der Waals surface area contributed by atoms with E-state index in [1.54, 1.807) is 4.57 Å². The maximum absolute atomic E-state index is 12.3. The predicted molar refractivity (Wildman–Crippen MR) is 135 cm³/mol. The molecule has 0 radical (unpaired) electrons. The van der Waals surface area contributed by atoms with Crippen LogP contribution in [0.5, 0.6) is 0 Å². The van der Waals surface area contributed by atoms with E-state index in [-0.39, 0.29) is 48.4 Å². The summed E-state index contributed by atoms with van der Waals surface area (Å²) in [6.45, 7) is -4.90. The zero-order valence-electron chi connectivity index (χ0n) is 21.3. The van der Waals surface area contributed by atoms with E-state index in [9.17, 15) is 24.7 Å². The molecule has 8 atom stereocenters. The molecule has 0 saturated carbocycles. The monoisotopic (exact) mass is 610 g/mol. The van der Waals surface area contributed by atoms with Gasteiger partial charge in [0.1, 0.15) is 42.5 Å². The van der Waals surface area contributed by atoms with Gasteiger partial charge < -0.3 is 39.6 Å². The molecular formula is C20H26N7NaO10PS+. The summed E-state index contributed by atoms with van der Waals surface area (Å²) in [5.41, 5.74) is 5.27. The number of H-pyrrole nitrogens is 1. The molecule has 3 aromatic heterocycles. The minimum Gasteiger partial charge on any atom is -0.394 e. The Morgan fingerprint density at radius 1 is 1.23 bits per heavy atom. The van der Waals surface area contributed by atoms with Crippen molar-refractivity contribution in [2.75, 3.05) is 26.1 Å². The van der Waals surface area contributed by atoms with Gasteiger partial charge in [0.15, 0.2) is 17.7 Å². The first-order valence-corrected chi connectivity index (χ1v) is 14.2. The molecule has 2 aliphatic heterocycles. The number of nitrogens with two attached hydrogens (primary N) is 1. The number of hydrogen-bond donors (Lipinski definition) is 5. The largest absolute Gasteiger partial charge is 1.00 e. The number of ether oxygens (including phenoxy) is 3. The molecule has 0 aliphatic carbocycles. The summed E-state index contributed by atoms with van der Waals surface area (Å²) in [5, 5.41) is 20.4. The van der Waals surface area contributed by atoms with Crippen LogP contribution in [-0.2, 0) is 35.1 Å². The second-order valence-corrected chi connectivity index (χ2v) is 11.6. The molecule has 212 valence electrons. The number of hydrogen-bond acceptors (Lipinski definition) is 14. The molecule has 0 aromatic carbocycles. The van der Waals surface area contributed by atoms with E-state index >= 15 is 0 Å². The number of aliphatic hydroxyl groups excluding tert-OH is 2. The Kier molecular flexibility index (Phi) is 9.94. The first kappa shape index (κ1) is 31.3. The number of aliphatic hydroxyl groups is 2. The maximum atomic E-state index is 12.3. The molecule has 3 aromatic rings. The van der Waals surface area contributed by atoms with E-state index in [1.165, 1.54) is 26.0 Å². The predicted octanol–water partition coefficient (Wildman–Crippen LogP) is -4.87. The van der Waals surface area contributed by atoms with Crippen molar-refractivity contribution >= 4 is 35.5 Å². The van der Waals surface area contributed by atoms with E-state index in [0.29, 0.717) is 11.2 Å². The Labute approximate surface area is 252 Å². The average Bonchev–Trinajstić information content (AvgIpc) is 3.58. The third-order valence-electron chi connectivity index (χ3n) is 6.42. The van der Waals surface area contributed by atoms with E-state index in [4.69, 9.17) is 40.8 Å². The summed E-state index contributed by atoms with van der Waals surface area (Å²) in [7, 11) is 1.32. The number of nitrogens with zero attached hydrogens (tertiary/aromatic N) is 5. The molecule has 5 rings (SSSR count). The van der Waals surface area contributed by atoms with Gasteiger partial charge in [-0.2, -0.15) is 0 Å². The molecule has 5 heterocycles. The van der Waals surface area contributed by atoms with Gasteiger partial charge in [-0.05, 0) is 11.8 Å². The van der Waals surface area contributed by atoms with E-state index < -0.39 is 67.6 Å². The van der Waals surface area contributed by atoms with Crippen molar-refractivity contribution in [2.45, 2.75) is 49.4 Å². The van der Waals surface area contributed by atoms with Crippen LogP contribution in [0.1, 0.15) is 18.9 Å². The van der Waals surface area contributed by atoms with Gasteiger partial charge in [-0.1, -0.05) is 0 Å². The Morgan fingerprint density at radius 2 is 2.00 bits per heavy atom. The van der Waals surface area contributed by atoms with Crippen molar-refractivity contribution in [3.8, 4) is 0 Å². The fourth-order valence-electron chi connectivity index (χ4n) is 4.55. The second kappa shape index (κ2) is 12.7. The van der Waals surface area contributed by atoms with Crippen molar-refractivity contribution in [1.82, 2.24) is 29.1 Å². The van der Waals surface area contributed by atoms with Crippen molar-refractivity contribution < 1.29 is 67.9 Å². The van der Waals surface area contributed by atoms with Crippen molar-refractivity contribution in [1.29, 1.82) is 0 Å². The Morgan fingerprint density at radius 3 is 2.70 bits per heavy atom. The van der Waals surface area contributed by atoms with Crippen molar-refractivity contribution in [2.24, 2.45) is 0 Å². The van der Waals surface area contributed by atoms with Crippen molar-refractivity contribution in [3.63, 3.8) is 0 Å². The van der Waals surface area contributed by atoms with Crippen LogP contribution in [0.4, 0.5) is 5.82 Å². The fourth-order valence-corrected chi connectivity index (χ4v) is 5.99. The Balaban J connectivity index is 0.00000370. The van der Waals surface area contributed by atoms with E-state index in [2.05, 4.69) is 19.9 Å². The average molecular weight is 610 g/mol. The van der Waals surface area contributed by atoms with E-state index in [1.807, 2.05) is 0 Å². The quantitative estimate of drug-likeness (QED) is 0.113. The molecule has 6 N–H and O–H groups in total. The van der Waals surface area contributed by atoms with Gasteiger partial charge >= 0.3 is 42.0 Å². The number of rotatable bonds is 9. The smallest absolute Gasteiger partial charge is 0.394 e. The molecule has 17 nitrogen and oxygen atoms in total. The third-order valence-corrected chi connectivity index (χ3v) is 7.98. The van der Waals surface area contributed by atoms with Gasteiger partial charge in [0.05, 0.1) is 25.6 Å². The molecule has 1 unspecified atom stereocenters. The Bertz CT molecular complexity index is 1510. The van der Waals surface area contributed by atoms with Gasteiger partial charge in [-0.3, -0.25) is 23.4 Å². The van der Waals surface area contributed by atoms with Crippen LogP contribution in [0.15, 0.2) is 34.5 Å². The fraction of sp³-hybridized carbons (Fsp3) is 0.550. The first-order chi connectivity index (χ1) is 18.6.